The van der Waals surface area contributed by atoms with Crippen LogP contribution in [0.4, 0.5) is 10.5 Å². The lowest BCUT2D eigenvalue weighted by atomic mass is 10.1. The first kappa shape index (κ1) is 25.7. The number of halogens is 2. The van der Waals surface area contributed by atoms with Crippen molar-refractivity contribution in [2.75, 3.05) is 7.11 Å². The molecule has 0 aliphatic carbocycles. The normalized spacial score (nSPS) is 14.4. The fourth-order valence-corrected chi connectivity index (χ4v) is 5.11. The van der Waals surface area contributed by atoms with E-state index in [1.807, 2.05) is 18.2 Å². The molecule has 0 saturated carbocycles. The number of carbonyl (C=O) groups is 2. The van der Waals surface area contributed by atoms with Crippen LogP contribution in [0.3, 0.4) is 0 Å². The van der Waals surface area contributed by atoms with Gasteiger partial charge in [0.2, 0.25) is 0 Å². The van der Waals surface area contributed by atoms with Crippen molar-refractivity contribution in [3.8, 4) is 11.5 Å². The van der Waals surface area contributed by atoms with E-state index in [4.69, 9.17) is 21.1 Å². The summed E-state index contributed by atoms with van der Waals surface area (Å²) < 4.78 is 12.0. The van der Waals surface area contributed by atoms with Gasteiger partial charge in [0.1, 0.15) is 6.61 Å². The number of carbonyl (C=O) groups excluding carboxylic acids is 2. The van der Waals surface area contributed by atoms with Gasteiger partial charge in [0.15, 0.2) is 11.5 Å². The molecule has 3 aromatic rings. The summed E-state index contributed by atoms with van der Waals surface area (Å²) in [7, 11) is 1.49. The maximum Gasteiger partial charge on any atom is 0.293 e. The number of hydrogen-bond donors (Lipinski definition) is 0. The molecule has 0 unspecified atom stereocenters. The van der Waals surface area contributed by atoms with Crippen LogP contribution >= 0.6 is 39.3 Å². The number of nitrogens with zero attached hydrogens (tertiary/aromatic N) is 2. The number of imide groups is 1. The van der Waals surface area contributed by atoms with E-state index in [1.54, 1.807) is 30.3 Å². The third kappa shape index (κ3) is 5.56. The Morgan fingerprint density at radius 1 is 1.11 bits per heavy atom. The predicted molar refractivity (Wildman–Crippen MR) is 141 cm³/mol. The SMILES string of the molecule is COc1cc(/C=C2/SC(=O)N(Cc3ccccc3[N+](=O)[O-])C2=O)cc(Br)c1OCc1ccccc1Cl. The maximum atomic E-state index is 13.0. The van der Waals surface area contributed by atoms with E-state index in [1.165, 1.54) is 25.3 Å². The molecule has 1 aliphatic heterocycles. The summed E-state index contributed by atoms with van der Waals surface area (Å²) in [5.74, 6) is 0.346. The number of thioether (sulfide) groups is 1. The van der Waals surface area contributed by atoms with Gasteiger partial charge in [-0.25, -0.2) is 0 Å². The van der Waals surface area contributed by atoms with Crippen LogP contribution in [-0.4, -0.2) is 28.1 Å². The Morgan fingerprint density at radius 2 is 1.81 bits per heavy atom. The Hall–Kier alpha value is -3.34. The predicted octanol–water partition coefficient (Wildman–Crippen LogP) is 6.83. The summed E-state index contributed by atoms with van der Waals surface area (Å²) in [6.45, 7) is 0.0273. The molecule has 0 radical (unpaired) electrons. The molecule has 0 bridgehead atoms. The van der Waals surface area contributed by atoms with Crippen LogP contribution in [0.15, 0.2) is 70.0 Å². The van der Waals surface area contributed by atoms with Gasteiger partial charge in [-0.2, -0.15) is 0 Å². The monoisotopic (exact) mass is 588 g/mol. The molecule has 2 amide bonds. The van der Waals surface area contributed by atoms with Gasteiger partial charge in [-0.15, -0.1) is 0 Å². The van der Waals surface area contributed by atoms with Crippen LogP contribution < -0.4 is 9.47 Å². The van der Waals surface area contributed by atoms with Crippen molar-refractivity contribution in [3.05, 3.63) is 102 Å². The second-order valence-electron chi connectivity index (χ2n) is 7.57. The second kappa shape index (κ2) is 11.2. The van der Waals surface area contributed by atoms with Crippen molar-refractivity contribution in [1.29, 1.82) is 0 Å². The lowest BCUT2D eigenvalue weighted by Crippen LogP contribution is -2.27. The van der Waals surface area contributed by atoms with Crippen molar-refractivity contribution in [2.45, 2.75) is 13.2 Å². The number of ether oxygens (including phenoxy) is 2. The topological polar surface area (TPSA) is 99.0 Å². The first-order valence-corrected chi connectivity index (χ1v) is 12.5. The number of hydrogen-bond acceptors (Lipinski definition) is 7. The van der Waals surface area contributed by atoms with Crippen LogP contribution in [0.2, 0.25) is 5.02 Å². The van der Waals surface area contributed by atoms with E-state index in [0.29, 0.717) is 26.6 Å². The fraction of sp³-hybridized carbons (Fsp3) is 0.120. The minimum Gasteiger partial charge on any atom is -0.493 e. The van der Waals surface area contributed by atoms with Gasteiger partial charge in [-0.3, -0.25) is 24.6 Å². The number of para-hydroxylation sites is 1. The molecule has 4 rings (SSSR count). The third-order valence-corrected chi connectivity index (χ3v) is 7.13. The van der Waals surface area contributed by atoms with Crippen molar-refractivity contribution in [3.63, 3.8) is 0 Å². The van der Waals surface area contributed by atoms with E-state index in [-0.39, 0.29) is 29.3 Å². The molecule has 0 atom stereocenters. The Morgan fingerprint density at radius 3 is 2.50 bits per heavy atom. The van der Waals surface area contributed by atoms with Gasteiger partial charge in [0, 0.05) is 22.2 Å². The molecule has 3 aromatic carbocycles. The first-order chi connectivity index (χ1) is 17.3. The smallest absolute Gasteiger partial charge is 0.293 e. The molecule has 11 heteroatoms. The average Bonchev–Trinajstić information content (AvgIpc) is 3.11. The summed E-state index contributed by atoms with van der Waals surface area (Å²) in [6.07, 6.45) is 1.56. The van der Waals surface area contributed by atoms with Crippen LogP contribution in [0.5, 0.6) is 11.5 Å². The molecule has 1 heterocycles. The molecule has 36 heavy (non-hydrogen) atoms. The lowest BCUT2D eigenvalue weighted by molar-refractivity contribution is -0.385. The van der Waals surface area contributed by atoms with E-state index >= 15 is 0 Å². The zero-order valence-corrected chi connectivity index (χ0v) is 21.9. The van der Waals surface area contributed by atoms with Crippen LogP contribution in [-0.2, 0) is 17.9 Å². The third-order valence-electron chi connectivity index (χ3n) is 5.27. The van der Waals surface area contributed by atoms with E-state index in [9.17, 15) is 19.7 Å². The van der Waals surface area contributed by atoms with Gasteiger partial charge in [0.05, 0.1) is 28.0 Å². The Bertz CT molecular complexity index is 1400. The summed E-state index contributed by atoms with van der Waals surface area (Å²) in [6, 6.07) is 16.8. The quantitative estimate of drug-likeness (QED) is 0.161. The average molecular weight is 590 g/mol. The van der Waals surface area contributed by atoms with E-state index in [2.05, 4.69) is 15.9 Å². The molecule has 184 valence electrons. The van der Waals surface area contributed by atoms with Gasteiger partial charge in [-0.1, -0.05) is 48.0 Å². The largest absolute Gasteiger partial charge is 0.493 e. The van der Waals surface area contributed by atoms with Crippen LogP contribution in [0.25, 0.3) is 6.08 Å². The van der Waals surface area contributed by atoms with Crippen molar-refractivity contribution in [1.82, 2.24) is 4.90 Å². The second-order valence-corrected chi connectivity index (χ2v) is 9.82. The summed E-state index contributed by atoms with van der Waals surface area (Å²) in [5, 5.41) is 11.4. The van der Waals surface area contributed by atoms with E-state index in [0.717, 1.165) is 22.2 Å². The fourth-order valence-electron chi connectivity index (χ4n) is 3.51. The highest BCUT2D eigenvalue weighted by Gasteiger charge is 2.36. The molecule has 8 nitrogen and oxygen atoms in total. The molecule has 1 saturated heterocycles. The number of nitro benzene ring substituents is 1. The zero-order chi connectivity index (χ0) is 25.8. The summed E-state index contributed by atoms with van der Waals surface area (Å²) in [5.41, 5.74) is 1.53. The first-order valence-electron chi connectivity index (χ1n) is 10.5. The van der Waals surface area contributed by atoms with Crippen molar-refractivity contribution in [2.24, 2.45) is 0 Å². The molecular formula is C25H18BrClN2O6S. The highest BCUT2D eigenvalue weighted by Crippen LogP contribution is 2.40. The molecule has 1 aliphatic rings. The lowest BCUT2D eigenvalue weighted by Gasteiger charge is -2.14. The van der Waals surface area contributed by atoms with Gasteiger partial charge in [0.25, 0.3) is 16.8 Å². The Balaban J connectivity index is 1.56. The number of rotatable bonds is 8. The zero-order valence-electron chi connectivity index (χ0n) is 18.8. The highest BCUT2D eigenvalue weighted by atomic mass is 79.9. The van der Waals surface area contributed by atoms with Crippen molar-refractivity contribution < 1.29 is 24.0 Å². The molecular weight excluding hydrogens is 572 g/mol. The molecule has 1 fully saturated rings. The van der Waals surface area contributed by atoms with Crippen LogP contribution in [0, 0.1) is 10.1 Å². The molecule has 0 spiro atoms. The minimum absolute atomic E-state index is 0.151. The van der Waals surface area contributed by atoms with Gasteiger partial charge in [-0.05, 0) is 57.5 Å². The number of methoxy groups -OCH3 is 1. The molecule has 0 N–H and O–H groups in total. The minimum atomic E-state index is -0.538. The standard InChI is InChI=1S/C25H18BrClN2O6S/c1-34-21-11-15(10-18(26)23(21)35-14-17-7-2-4-8-19(17)27)12-22-24(30)28(25(31)36-22)13-16-6-3-5-9-20(16)29(32)33/h2-12H,13-14H2,1H3/b22-12+. The summed E-state index contributed by atoms with van der Waals surface area (Å²) in [4.78, 5) is 37.5. The van der Waals surface area contributed by atoms with Crippen molar-refractivity contribution >= 4 is 62.2 Å². The number of benzene rings is 3. The van der Waals surface area contributed by atoms with Gasteiger partial charge >= 0.3 is 0 Å². The number of amides is 2. The number of nitro groups is 1. The van der Waals surface area contributed by atoms with Gasteiger partial charge < -0.3 is 9.47 Å². The Labute approximate surface area is 224 Å². The highest BCUT2D eigenvalue weighted by molar-refractivity contribution is 9.10. The Kier molecular flexibility index (Phi) is 7.97. The van der Waals surface area contributed by atoms with Crippen LogP contribution in [0.1, 0.15) is 16.7 Å². The molecule has 0 aromatic heterocycles. The van der Waals surface area contributed by atoms with E-state index < -0.39 is 16.1 Å². The maximum absolute atomic E-state index is 13.0. The summed E-state index contributed by atoms with van der Waals surface area (Å²) >= 11 is 10.5.